The van der Waals surface area contributed by atoms with Crippen LogP contribution in [0.4, 0.5) is 4.79 Å². The van der Waals surface area contributed by atoms with Crippen molar-refractivity contribution in [2.24, 2.45) is 10.9 Å². The number of likely N-dealkylation sites (tertiary alicyclic amines) is 1. The summed E-state index contributed by atoms with van der Waals surface area (Å²) in [6, 6.07) is 1.92. The maximum Gasteiger partial charge on any atom is 0.410 e. The van der Waals surface area contributed by atoms with Crippen molar-refractivity contribution in [2.45, 2.75) is 59.1 Å². The summed E-state index contributed by atoms with van der Waals surface area (Å²) in [5.41, 5.74) is 0.528. The third-order valence-corrected chi connectivity index (χ3v) is 5.85. The fourth-order valence-electron chi connectivity index (χ4n) is 4.24. The molecule has 0 radical (unpaired) electrons. The number of aliphatic imine (C=N–C) groups is 1. The summed E-state index contributed by atoms with van der Waals surface area (Å²) in [6.07, 6.45) is 4.59. The molecule has 1 N–H and O–H groups in total. The van der Waals surface area contributed by atoms with E-state index in [0.29, 0.717) is 5.92 Å². The van der Waals surface area contributed by atoms with Gasteiger partial charge in [-0.25, -0.2) is 4.79 Å². The predicted octanol–water partition coefficient (Wildman–Crippen LogP) is 2.79. The van der Waals surface area contributed by atoms with Crippen LogP contribution in [0.25, 0.3) is 0 Å². The summed E-state index contributed by atoms with van der Waals surface area (Å²) in [6.45, 7) is 15.7. The molecule has 2 fully saturated rings. The van der Waals surface area contributed by atoms with Crippen LogP contribution in [0.1, 0.15) is 52.7 Å². The third kappa shape index (κ3) is 7.69. The van der Waals surface area contributed by atoms with Gasteiger partial charge >= 0.3 is 6.09 Å². The molecular weight excluding hydrogens is 408 g/mol. The SMILES string of the molecule is CCNC(=NCCC1CCCN(C(=O)OC(C)(C)C)C1)N1CCN(Cc2ccon2)CC1. The average Bonchev–Trinajstić information content (AvgIpc) is 3.26. The van der Waals surface area contributed by atoms with E-state index < -0.39 is 5.60 Å². The van der Waals surface area contributed by atoms with Gasteiger partial charge in [0.15, 0.2) is 5.96 Å². The lowest BCUT2D eigenvalue weighted by molar-refractivity contribution is 0.0163. The highest BCUT2D eigenvalue weighted by Crippen LogP contribution is 2.22. The first kappa shape index (κ1) is 24.4. The first-order chi connectivity index (χ1) is 15.3. The molecule has 1 atom stereocenters. The molecule has 32 heavy (non-hydrogen) atoms. The van der Waals surface area contributed by atoms with Gasteiger partial charge in [-0.05, 0) is 52.9 Å². The number of carbonyl (C=O) groups is 1. The second-order valence-corrected chi connectivity index (χ2v) is 9.71. The van der Waals surface area contributed by atoms with Gasteiger partial charge in [0.1, 0.15) is 11.9 Å². The molecule has 2 saturated heterocycles. The van der Waals surface area contributed by atoms with Crippen molar-refractivity contribution in [1.82, 2.24) is 25.2 Å². The van der Waals surface area contributed by atoms with Crippen LogP contribution in [-0.2, 0) is 11.3 Å². The zero-order valence-corrected chi connectivity index (χ0v) is 20.2. The molecular formula is C23H40N6O3. The van der Waals surface area contributed by atoms with E-state index in [2.05, 4.69) is 27.2 Å². The summed E-state index contributed by atoms with van der Waals surface area (Å²) in [5.74, 6) is 1.47. The lowest BCUT2D eigenvalue weighted by Crippen LogP contribution is -2.52. The number of guanidine groups is 1. The number of piperidine rings is 1. The highest BCUT2D eigenvalue weighted by molar-refractivity contribution is 5.80. The Labute approximate surface area is 192 Å². The normalized spacial score (nSPS) is 21.0. The Balaban J connectivity index is 1.45. The lowest BCUT2D eigenvalue weighted by Gasteiger charge is -2.36. The van der Waals surface area contributed by atoms with Gasteiger partial charge in [0.05, 0.1) is 5.69 Å². The number of hydrogen-bond donors (Lipinski definition) is 1. The third-order valence-electron chi connectivity index (χ3n) is 5.85. The minimum Gasteiger partial charge on any atom is -0.444 e. The average molecular weight is 449 g/mol. The summed E-state index contributed by atoms with van der Waals surface area (Å²) in [7, 11) is 0. The maximum absolute atomic E-state index is 12.4. The molecule has 180 valence electrons. The van der Waals surface area contributed by atoms with Crippen molar-refractivity contribution in [2.75, 3.05) is 52.4 Å². The quantitative estimate of drug-likeness (QED) is 0.529. The van der Waals surface area contributed by atoms with Crippen LogP contribution < -0.4 is 5.32 Å². The number of hydrogen-bond acceptors (Lipinski definition) is 6. The molecule has 9 heteroatoms. The Morgan fingerprint density at radius 2 is 2.03 bits per heavy atom. The molecule has 3 heterocycles. The smallest absolute Gasteiger partial charge is 0.410 e. The van der Waals surface area contributed by atoms with Crippen molar-refractivity contribution < 1.29 is 14.1 Å². The van der Waals surface area contributed by atoms with Crippen molar-refractivity contribution >= 4 is 12.1 Å². The first-order valence-electron chi connectivity index (χ1n) is 12.0. The zero-order chi connectivity index (χ0) is 23.0. The van der Waals surface area contributed by atoms with E-state index in [0.717, 1.165) is 89.8 Å². The Kier molecular flexibility index (Phi) is 8.78. The number of rotatable bonds is 6. The second kappa shape index (κ2) is 11.5. The van der Waals surface area contributed by atoms with Crippen LogP contribution in [0.3, 0.4) is 0 Å². The fourth-order valence-corrected chi connectivity index (χ4v) is 4.24. The number of amides is 1. The van der Waals surface area contributed by atoms with Gasteiger partial charge in [-0.3, -0.25) is 9.89 Å². The minimum absolute atomic E-state index is 0.192. The number of ether oxygens (including phenoxy) is 1. The molecule has 1 unspecified atom stereocenters. The van der Waals surface area contributed by atoms with Crippen LogP contribution in [-0.4, -0.2) is 89.9 Å². The van der Waals surface area contributed by atoms with Crippen LogP contribution in [0.15, 0.2) is 21.8 Å². The van der Waals surface area contributed by atoms with E-state index in [9.17, 15) is 4.79 Å². The highest BCUT2D eigenvalue weighted by Gasteiger charge is 2.27. The molecule has 0 spiro atoms. The van der Waals surface area contributed by atoms with Gasteiger partial charge in [-0.2, -0.15) is 0 Å². The van der Waals surface area contributed by atoms with Crippen LogP contribution >= 0.6 is 0 Å². The van der Waals surface area contributed by atoms with Gasteiger partial charge in [-0.15, -0.1) is 0 Å². The molecule has 1 aromatic heterocycles. The Morgan fingerprint density at radius 3 is 2.69 bits per heavy atom. The molecule has 2 aliphatic rings. The van der Waals surface area contributed by atoms with Crippen LogP contribution in [0.2, 0.25) is 0 Å². The fraction of sp³-hybridized carbons (Fsp3) is 0.783. The molecule has 1 amide bonds. The standard InChI is InChI=1S/C23H40N6O3/c1-5-24-21(28-14-12-27(13-15-28)18-20-9-16-31-26-20)25-10-8-19-7-6-11-29(17-19)22(30)32-23(2,3)4/h9,16,19H,5-8,10-15,17-18H2,1-4H3,(H,24,25). The van der Waals surface area contributed by atoms with Crippen molar-refractivity contribution in [3.63, 3.8) is 0 Å². The Morgan fingerprint density at radius 1 is 1.25 bits per heavy atom. The van der Waals surface area contributed by atoms with Crippen LogP contribution in [0.5, 0.6) is 0 Å². The number of carbonyl (C=O) groups excluding carboxylic acids is 1. The molecule has 0 aliphatic carbocycles. The number of aromatic nitrogens is 1. The van der Waals surface area contributed by atoms with E-state index in [4.69, 9.17) is 14.3 Å². The van der Waals surface area contributed by atoms with Crippen molar-refractivity contribution in [3.05, 3.63) is 18.0 Å². The molecule has 0 bridgehead atoms. The number of nitrogens with zero attached hydrogens (tertiary/aromatic N) is 5. The van der Waals surface area contributed by atoms with Gasteiger partial charge < -0.3 is 24.4 Å². The van der Waals surface area contributed by atoms with E-state index in [1.54, 1.807) is 6.26 Å². The van der Waals surface area contributed by atoms with Gasteiger partial charge in [0.25, 0.3) is 0 Å². The van der Waals surface area contributed by atoms with Crippen LogP contribution in [0, 0.1) is 5.92 Å². The lowest BCUT2D eigenvalue weighted by atomic mass is 9.95. The number of nitrogens with one attached hydrogen (secondary N) is 1. The maximum atomic E-state index is 12.4. The van der Waals surface area contributed by atoms with Crippen molar-refractivity contribution in [3.8, 4) is 0 Å². The van der Waals surface area contributed by atoms with Gasteiger partial charge in [0.2, 0.25) is 0 Å². The summed E-state index contributed by atoms with van der Waals surface area (Å²) in [4.78, 5) is 23.9. The monoisotopic (exact) mass is 448 g/mol. The number of piperazine rings is 1. The summed E-state index contributed by atoms with van der Waals surface area (Å²) in [5, 5.41) is 7.46. The highest BCUT2D eigenvalue weighted by atomic mass is 16.6. The van der Waals surface area contributed by atoms with Gasteiger partial charge in [0, 0.05) is 65.0 Å². The molecule has 0 aromatic carbocycles. The van der Waals surface area contributed by atoms with E-state index in [1.165, 1.54) is 0 Å². The molecule has 2 aliphatic heterocycles. The zero-order valence-electron chi connectivity index (χ0n) is 20.2. The topological polar surface area (TPSA) is 86.4 Å². The van der Waals surface area contributed by atoms with Gasteiger partial charge in [-0.1, -0.05) is 5.16 Å². The minimum atomic E-state index is -0.450. The summed E-state index contributed by atoms with van der Waals surface area (Å²) < 4.78 is 10.5. The Hall–Kier alpha value is -2.29. The molecule has 1 aromatic rings. The molecule has 0 saturated carbocycles. The van der Waals surface area contributed by atoms with Crippen molar-refractivity contribution in [1.29, 1.82) is 0 Å². The predicted molar refractivity (Wildman–Crippen MR) is 124 cm³/mol. The van der Waals surface area contributed by atoms with E-state index in [-0.39, 0.29) is 6.09 Å². The Bertz CT molecular complexity index is 723. The van der Waals surface area contributed by atoms with E-state index in [1.807, 2.05) is 31.7 Å². The second-order valence-electron chi connectivity index (χ2n) is 9.71. The molecule has 3 rings (SSSR count). The summed E-state index contributed by atoms with van der Waals surface area (Å²) >= 11 is 0. The first-order valence-corrected chi connectivity index (χ1v) is 12.0. The largest absolute Gasteiger partial charge is 0.444 e. The van der Waals surface area contributed by atoms with E-state index >= 15 is 0 Å². The molecule has 9 nitrogen and oxygen atoms in total.